The Morgan fingerprint density at radius 3 is 2.61 bits per heavy atom. The second-order valence-corrected chi connectivity index (χ2v) is 3.58. The molecule has 0 saturated carbocycles. The van der Waals surface area contributed by atoms with Gasteiger partial charge in [-0.1, -0.05) is 0 Å². The van der Waals surface area contributed by atoms with Gasteiger partial charge in [-0.25, -0.2) is 8.78 Å². The van der Waals surface area contributed by atoms with Crippen LogP contribution >= 0.6 is 0 Å². The molecule has 1 aromatic carbocycles. The van der Waals surface area contributed by atoms with Gasteiger partial charge in [0, 0.05) is 5.56 Å². The van der Waals surface area contributed by atoms with Crippen LogP contribution in [0.25, 0.3) is 0 Å². The average molecular weight is 254 g/mol. The lowest BCUT2D eigenvalue weighted by Crippen LogP contribution is -2.13. The van der Waals surface area contributed by atoms with Crippen molar-refractivity contribution >= 4 is 5.88 Å². The van der Waals surface area contributed by atoms with E-state index in [4.69, 9.17) is 10.2 Å². The van der Waals surface area contributed by atoms with E-state index in [1.807, 2.05) is 0 Å². The molecule has 7 heteroatoms. The first-order valence-electron chi connectivity index (χ1n) is 4.93. The first-order chi connectivity index (χ1) is 8.49. The van der Waals surface area contributed by atoms with Gasteiger partial charge in [0.05, 0.1) is 12.1 Å². The van der Waals surface area contributed by atoms with Gasteiger partial charge in [-0.2, -0.15) is 0 Å². The third-order valence-electron chi connectivity index (χ3n) is 2.39. The van der Waals surface area contributed by atoms with Crippen molar-refractivity contribution in [2.75, 3.05) is 0 Å². The number of hydrogen-bond acceptors (Lipinski definition) is 4. The van der Waals surface area contributed by atoms with E-state index in [9.17, 15) is 18.9 Å². The number of nitrogens with zero attached hydrogens (tertiary/aromatic N) is 1. The average Bonchev–Trinajstić information content (AvgIpc) is 2.81. The molecule has 0 bridgehead atoms. The highest BCUT2D eigenvalue weighted by molar-refractivity contribution is 5.30. The predicted molar refractivity (Wildman–Crippen MR) is 57.8 cm³/mol. The van der Waals surface area contributed by atoms with E-state index in [-0.39, 0.29) is 11.3 Å². The van der Waals surface area contributed by atoms with Crippen LogP contribution in [0, 0.1) is 21.7 Å². The van der Waals surface area contributed by atoms with Crippen LogP contribution in [0.15, 0.2) is 34.7 Å². The molecule has 0 aliphatic rings. The molecular weight excluding hydrogens is 246 g/mol. The summed E-state index contributed by atoms with van der Waals surface area (Å²) in [4.78, 5) is 9.69. The van der Waals surface area contributed by atoms with Crippen LogP contribution in [-0.4, -0.2) is 4.92 Å². The Bertz CT molecular complexity index is 598. The van der Waals surface area contributed by atoms with Gasteiger partial charge in [0.1, 0.15) is 22.3 Å². The van der Waals surface area contributed by atoms with Gasteiger partial charge < -0.3 is 10.2 Å². The van der Waals surface area contributed by atoms with Crippen molar-refractivity contribution in [2.24, 2.45) is 5.73 Å². The SMILES string of the molecule is NC(c1ccc([N+](=O)[O-])o1)c1cc(F)ccc1F. The Morgan fingerprint density at radius 1 is 1.28 bits per heavy atom. The molecule has 0 fully saturated rings. The monoisotopic (exact) mass is 254 g/mol. The molecule has 0 amide bonds. The minimum Gasteiger partial charge on any atom is -0.404 e. The molecule has 1 atom stereocenters. The fourth-order valence-electron chi connectivity index (χ4n) is 1.51. The summed E-state index contributed by atoms with van der Waals surface area (Å²) < 4.78 is 31.3. The van der Waals surface area contributed by atoms with Gasteiger partial charge >= 0.3 is 5.88 Å². The Hall–Kier alpha value is -2.28. The van der Waals surface area contributed by atoms with Gasteiger partial charge in [-0.3, -0.25) is 10.1 Å². The number of hydrogen-bond donors (Lipinski definition) is 1. The van der Waals surface area contributed by atoms with E-state index in [0.29, 0.717) is 0 Å². The normalized spacial score (nSPS) is 12.4. The van der Waals surface area contributed by atoms with E-state index in [1.165, 1.54) is 6.07 Å². The Kier molecular flexibility index (Phi) is 3.07. The molecule has 2 rings (SSSR count). The fourth-order valence-corrected chi connectivity index (χ4v) is 1.51. The van der Waals surface area contributed by atoms with Crippen LogP contribution in [0.5, 0.6) is 0 Å². The molecule has 94 valence electrons. The maximum Gasteiger partial charge on any atom is 0.433 e. The number of benzene rings is 1. The van der Waals surface area contributed by atoms with Gasteiger partial charge in [-0.05, 0) is 24.3 Å². The van der Waals surface area contributed by atoms with Crippen molar-refractivity contribution in [3.8, 4) is 0 Å². The third-order valence-corrected chi connectivity index (χ3v) is 2.39. The minimum atomic E-state index is -1.10. The molecule has 1 heterocycles. The molecule has 2 aromatic rings. The number of rotatable bonds is 3. The summed E-state index contributed by atoms with van der Waals surface area (Å²) in [5.74, 6) is -1.87. The number of furan rings is 1. The molecular formula is C11H8F2N2O3. The molecule has 5 nitrogen and oxygen atoms in total. The van der Waals surface area contributed by atoms with Crippen molar-refractivity contribution in [1.29, 1.82) is 0 Å². The molecule has 0 spiro atoms. The highest BCUT2D eigenvalue weighted by atomic mass is 19.1. The summed E-state index contributed by atoms with van der Waals surface area (Å²) in [7, 11) is 0. The summed E-state index contributed by atoms with van der Waals surface area (Å²) in [6.07, 6.45) is 0. The first-order valence-corrected chi connectivity index (χ1v) is 4.93. The zero-order valence-electron chi connectivity index (χ0n) is 8.97. The van der Waals surface area contributed by atoms with Gasteiger partial charge in [0.25, 0.3) is 0 Å². The topological polar surface area (TPSA) is 82.3 Å². The Labute approximate surface area is 100.0 Å². The minimum absolute atomic E-state index is 0.00815. The van der Waals surface area contributed by atoms with Crippen molar-refractivity contribution < 1.29 is 18.1 Å². The fraction of sp³-hybridized carbons (Fsp3) is 0.0909. The number of halogens is 2. The summed E-state index contributed by atoms with van der Waals surface area (Å²) >= 11 is 0. The smallest absolute Gasteiger partial charge is 0.404 e. The van der Waals surface area contributed by atoms with Crippen LogP contribution in [0.4, 0.5) is 14.7 Å². The van der Waals surface area contributed by atoms with Crippen LogP contribution in [-0.2, 0) is 0 Å². The molecule has 18 heavy (non-hydrogen) atoms. The van der Waals surface area contributed by atoms with Crippen LogP contribution in [0.3, 0.4) is 0 Å². The van der Waals surface area contributed by atoms with Crippen molar-refractivity contribution in [1.82, 2.24) is 0 Å². The van der Waals surface area contributed by atoms with E-state index >= 15 is 0 Å². The standard InChI is InChI=1S/C11H8F2N2O3/c12-6-1-2-8(13)7(5-6)11(14)9-3-4-10(18-9)15(16)17/h1-5,11H,14H2. The lowest BCUT2D eigenvalue weighted by atomic mass is 10.0. The lowest BCUT2D eigenvalue weighted by Gasteiger charge is -2.09. The number of nitrogens with two attached hydrogens (primary N) is 1. The van der Waals surface area contributed by atoms with Crippen molar-refractivity contribution in [2.45, 2.75) is 6.04 Å². The summed E-state index contributed by atoms with van der Waals surface area (Å²) in [5.41, 5.74) is 5.55. The molecule has 2 N–H and O–H groups in total. The molecule has 0 radical (unpaired) electrons. The van der Waals surface area contributed by atoms with Gasteiger partial charge in [0.15, 0.2) is 0 Å². The van der Waals surface area contributed by atoms with Crippen molar-refractivity contribution in [3.05, 3.63) is 63.4 Å². The summed E-state index contributed by atoms with van der Waals surface area (Å²) in [6, 6.07) is 4.07. The molecule has 0 aliphatic heterocycles. The molecule has 1 aromatic heterocycles. The second-order valence-electron chi connectivity index (χ2n) is 3.58. The largest absolute Gasteiger partial charge is 0.433 e. The Morgan fingerprint density at radius 2 is 2.00 bits per heavy atom. The van der Waals surface area contributed by atoms with Crippen LogP contribution in [0.1, 0.15) is 17.4 Å². The Balaban J connectivity index is 2.37. The highest BCUT2D eigenvalue weighted by Gasteiger charge is 2.21. The summed E-state index contributed by atoms with van der Waals surface area (Å²) in [6.45, 7) is 0. The zero-order valence-corrected chi connectivity index (χ0v) is 8.97. The molecule has 1 unspecified atom stereocenters. The second kappa shape index (κ2) is 4.53. The number of nitro groups is 1. The van der Waals surface area contributed by atoms with Gasteiger partial charge in [0.2, 0.25) is 0 Å². The summed E-state index contributed by atoms with van der Waals surface area (Å²) in [5, 5.41) is 10.4. The maximum atomic E-state index is 13.4. The maximum absolute atomic E-state index is 13.4. The van der Waals surface area contributed by atoms with Crippen LogP contribution in [0.2, 0.25) is 0 Å². The third kappa shape index (κ3) is 2.21. The lowest BCUT2D eigenvalue weighted by molar-refractivity contribution is -0.402. The molecule has 0 aliphatic carbocycles. The van der Waals surface area contributed by atoms with Gasteiger partial charge in [-0.15, -0.1) is 0 Å². The quantitative estimate of drug-likeness (QED) is 0.673. The van der Waals surface area contributed by atoms with E-state index in [0.717, 1.165) is 24.3 Å². The van der Waals surface area contributed by atoms with E-state index in [1.54, 1.807) is 0 Å². The van der Waals surface area contributed by atoms with Crippen LogP contribution < -0.4 is 5.73 Å². The first kappa shape index (κ1) is 12.2. The molecule has 0 saturated heterocycles. The zero-order chi connectivity index (χ0) is 13.3. The highest BCUT2D eigenvalue weighted by Crippen LogP contribution is 2.27. The van der Waals surface area contributed by atoms with E-state index < -0.39 is 28.5 Å². The van der Waals surface area contributed by atoms with Crippen molar-refractivity contribution in [3.63, 3.8) is 0 Å². The predicted octanol–water partition coefficient (Wildman–Crippen LogP) is 2.51. The van der Waals surface area contributed by atoms with E-state index in [2.05, 4.69) is 0 Å².